The lowest BCUT2D eigenvalue weighted by Gasteiger charge is -2.16. The van der Waals surface area contributed by atoms with Crippen molar-refractivity contribution in [1.82, 2.24) is 4.90 Å². The van der Waals surface area contributed by atoms with Crippen molar-refractivity contribution in [2.45, 2.75) is 46.0 Å². The first-order valence-electron chi connectivity index (χ1n) is 10.9. The Labute approximate surface area is 187 Å². The van der Waals surface area contributed by atoms with Gasteiger partial charge in [0, 0.05) is 31.0 Å². The molecular weight excluding hydrogens is 410 g/mol. The van der Waals surface area contributed by atoms with Gasteiger partial charge in [-0.1, -0.05) is 18.2 Å². The molecule has 0 saturated heterocycles. The van der Waals surface area contributed by atoms with E-state index in [-0.39, 0.29) is 5.69 Å². The molecule has 0 N–H and O–H groups in total. The number of fused-ring (bicyclic) bond motifs is 1. The first kappa shape index (κ1) is 21.7. The number of thiophene rings is 1. The zero-order chi connectivity index (χ0) is 22.0. The lowest BCUT2D eigenvalue weighted by Crippen LogP contribution is -2.14. The van der Waals surface area contributed by atoms with Crippen LogP contribution in [0.25, 0.3) is 11.1 Å². The van der Waals surface area contributed by atoms with Gasteiger partial charge in [-0.15, -0.1) is 11.3 Å². The van der Waals surface area contributed by atoms with Crippen molar-refractivity contribution < 1.29 is 8.78 Å². The second kappa shape index (κ2) is 9.31. The van der Waals surface area contributed by atoms with E-state index < -0.39 is 11.6 Å². The first-order valence-corrected chi connectivity index (χ1v) is 11.8. The average Bonchev–Trinajstić information content (AvgIpc) is 3.14. The summed E-state index contributed by atoms with van der Waals surface area (Å²) in [4.78, 5) is 6.94. The van der Waals surface area contributed by atoms with Gasteiger partial charge in [-0.2, -0.15) is 0 Å². The number of hydrogen-bond donors (Lipinski definition) is 0. The topological polar surface area (TPSA) is 15.6 Å². The predicted octanol–water partition coefficient (Wildman–Crippen LogP) is 7.08. The molecule has 31 heavy (non-hydrogen) atoms. The van der Waals surface area contributed by atoms with E-state index in [0.29, 0.717) is 12.0 Å². The Morgan fingerprint density at radius 2 is 1.84 bits per heavy atom. The highest BCUT2D eigenvalue weighted by molar-refractivity contribution is 7.10. The zero-order valence-electron chi connectivity index (χ0n) is 18.3. The van der Waals surface area contributed by atoms with Crippen LogP contribution in [-0.4, -0.2) is 24.8 Å². The molecule has 5 heteroatoms. The minimum atomic E-state index is -0.499. The fourth-order valence-electron chi connectivity index (χ4n) is 4.04. The van der Waals surface area contributed by atoms with E-state index in [1.807, 2.05) is 18.9 Å². The molecule has 0 atom stereocenters. The van der Waals surface area contributed by atoms with E-state index in [0.717, 1.165) is 23.4 Å². The van der Waals surface area contributed by atoms with Crippen LogP contribution in [0.15, 0.2) is 40.7 Å². The van der Waals surface area contributed by atoms with Crippen molar-refractivity contribution in [2.24, 2.45) is 4.99 Å². The van der Waals surface area contributed by atoms with Crippen LogP contribution in [0.3, 0.4) is 0 Å². The fraction of sp³-hybridized carbons (Fsp3) is 0.346. The summed E-state index contributed by atoms with van der Waals surface area (Å²) in [5.74, 6) is -0.919. The Kier molecular flexibility index (Phi) is 6.51. The normalized spacial score (nSPS) is 13.6. The van der Waals surface area contributed by atoms with Crippen LogP contribution in [0.4, 0.5) is 14.5 Å². The number of halogens is 2. The molecular formula is C26H28F2N2S. The van der Waals surface area contributed by atoms with Gasteiger partial charge in [-0.25, -0.2) is 13.8 Å². The Bertz CT molecular complexity index is 1120. The van der Waals surface area contributed by atoms with Crippen molar-refractivity contribution in [3.63, 3.8) is 0 Å². The quantitative estimate of drug-likeness (QED) is 0.296. The SMILES string of the molecule is CCN(C)C=Nc1cc(F)c(Cc2scc(-c3ccc4c(c3)CCCC4)c2C)cc1F. The predicted molar refractivity (Wildman–Crippen MR) is 127 cm³/mol. The molecule has 0 spiro atoms. The molecule has 0 amide bonds. The van der Waals surface area contributed by atoms with Gasteiger partial charge >= 0.3 is 0 Å². The van der Waals surface area contributed by atoms with Gasteiger partial charge < -0.3 is 4.90 Å². The van der Waals surface area contributed by atoms with E-state index in [9.17, 15) is 8.78 Å². The number of aryl methyl sites for hydroxylation is 2. The summed E-state index contributed by atoms with van der Waals surface area (Å²) >= 11 is 1.61. The molecule has 0 unspecified atom stereocenters. The molecule has 3 aromatic rings. The standard InChI is InChI=1S/C26H28F2N2S/c1-4-30(3)16-29-25-14-23(27)21(12-24(25)28)13-26-17(2)22(15-31-26)20-10-9-18-7-5-6-8-19(18)11-20/h9-12,14-16H,4-8,13H2,1-3H3. The third-order valence-corrected chi connectivity index (χ3v) is 7.25. The average molecular weight is 439 g/mol. The van der Waals surface area contributed by atoms with E-state index in [2.05, 4.69) is 35.5 Å². The highest BCUT2D eigenvalue weighted by Gasteiger charge is 2.16. The van der Waals surface area contributed by atoms with Crippen LogP contribution < -0.4 is 0 Å². The van der Waals surface area contributed by atoms with Crippen LogP contribution >= 0.6 is 11.3 Å². The second-order valence-corrected chi connectivity index (χ2v) is 9.24. The van der Waals surface area contributed by atoms with E-state index in [1.54, 1.807) is 11.3 Å². The molecule has 0 bridgehead atoms. The first-order chi connectivity index (χ1) is 15.0. The molecule has 0 radical (unpaired) electrons. The zero-order valence-corrected chi connectivity index (χ0v) is 19.2. The Balaban J connectivity index is 1.58. The maximum atomic E-state index is 14.7. The van der Waals surface area contributed by atoms with Crippen LogP contribution in [0, 0.1) is 18.6 Å². The third-order valence-electron chi connectivity index (χ3n) is 6.16. The molecule has 1 aliphatic rings. The van der Waals surface area contributed by atoms with Gasteiger partial charge in [0.05, 0.1) is 6.34 Å². The summed E-state index contributed by atoms with van der Waals surface area (Å²) in [6.07, 6.45) is 6.74. The van der Waals surface area contributed by atoms with Crippen LogP contribution in [-0.2, 0) is 19.3 Å². The number of aliphatic imine (C=N–C) groups is 1. The minimum absolute atomic E-state index is 0.0270. The van der Waals surface area contributed by atoms with Gasteiger partial charge in [0.15, 0.2) is 0 Å². The molecule has 0 aliphatic heterocycles. The minimum Gasteiger partial charge on any atom is -0.366 e. The van der Waals surface area contributed by atoms with Crippen molar-refractivity contribution in [1.29, 1.82) is 0 Å². The molecule has 162 valence electrons. The van der Waals surface area contributed by atoms with Gasteiger partial charge in [-0.3, -0.25) is 0 Å². The van der Waals surface area contributed by atoms with Gasteiger partial charge in [-0.05, 0) is 84.4 Å². The monoisotopic (exact) mass is 438 g/mol. The number of nitrogens with zero attached hydrogens (tertiary/aromatic N) is 2. The second-order valence-electron chi connectivity index (χ2n) is 8.28. The maximum absolute atomic E-state index is 14.7. The summed E-state index contributed by atoms with van der Waals surface area (Å²) in [6.45, 7) is 4.79. The van der Waals surface area contributed by atoms with Crippen LogP contribution in [0.1, 0.15) is 46.9 Å². The molecule has 4 rings (SSSR count). The summed E-state index contributed by atoms with van der Waals surface area (Å²) in [7, 11) is 1.84. The maximum Gasteiger partial charge on any atom is 0.149 e. The smallest absolute Gasteiger partial charge is 0.149 e. The van der Waals surface area contributed by atoms with Gasteiger partial charge in [0.25, 0.3) is 0 Å². The van der Waals surface area contributed by atoms with Gasteiger partial charge in [0.2, 0.25) is 0 Å². The third kappa shape index (κ3) is 4.72. The summed E-state index contributed by atoms with van der Waals surface area (Å²) in [5.41, 5.74) is 6.87. The molecule has 2 nitrogen and oxygen atoms in total. The van der Waals surface area contributed by atoms with Crippen molar-refractivity contribution in [2.75, 3.05) is 13.6 Å². The van der Waals surface area contributed by atoms with Crippen LogP contribution in [0.5, 0.6) is 0 Å². The number of hydrogen-bond acceptors (Lipinski definition) is 2. The summed E-state index contributed by atoms with van der Waals surface area (Å²) in [6, 6.07) is 9.24. The molecule has 0 fully saturated rings. The Morgan fingerprint density at radius 3 is 2.61 bits per heavy atom. The van der Waals surface area contributed by atoms with Crippen LogP contribution in [0.2, 0.25) is 0 Å². The number of benzene rings is 2. The Morgan fingerprint density at radius 1 is 1.06 bits per heavy atom. The van der Waals surface area contributed by atoms with Crippen molar-refractivity contribution in [3.05, 3.63) is 74.5 Å². The highest BCUT2D eigenvalue weighted by Crippen LogP contribution is 2.35. The van der Waals surface area contributed by atoms with Crippen molar-refractivity contribution >= 4 is 23.4 Å². The van der Waals surface area contributed by atoms with Crippen molar-refractivity contribution in [3.8, 4) is 11.1 Å². The largest absolute Gasteiger partial charge is 0.366 e. The van der Waals surface area contributed by atoms with E-state index >= 15 is 0 Å². The fourth-order valence-corrected chi connectivity index (χ4v) is 5.14. The molecule has 1 heterocycles. The Hall–Kier alpha value is -2.53. The summed E-state index contributed by atoms with van der Waals surface area (Å²) in [5, 5.41) is 2.14. The molecule has 1 aromatic heterocycles. The van der Waals surface area contributed by atoms with Gasteiger partial charge in [0.1, 0.15) is 17.3 Å². The summed E-state index contributed by atoms with van der Waals surface area (Å²) < 4.78 is 29.2. The highest BCUT2D eigenvalue weighted by atomic mass is 32.1. The van der Waals surface area contributed by atoms with E-state index in [4.69, 9.17) is 0 Å². The molecule has 0 saturated carbocycles. The molecule has 2 aromatic carbocycles. The van der Waals surface area contributed by atoms with E-state index in [1.165, 1.54) is 60.0 Å². The lowest BCUT2D eigenvalue weighted by molar-refractivity contribution is 0.550. The lowest BCUT2D eigenvalue weighted by atomic mass is 9.89. The molecule has 1 aliphatic carbocycles. The number of rotatable bonds is 6.